The molecule has 0 saturated carbocycles. The van der Waals surface area contributed by atoms with E-state index in [-0.39, 0.29) is 55.4 Å². The van der Waals surface area contributed by atoms with Gasteiger partial charge in [0.2, 0.25) is 0 Å². The monoisotopic (exact) mass is 932 g/mol. The first-order valence-corrected chi connectivity index (χ1v) is 22.6. The van der Waals surface area contributed by atoms with Crippen LogP contribution in [0.2, 0.25) is 0 Å². The first kappa shape index (κ1) is 47.5. The topological polar surface area (TPSA) is 172 Å². The lowest BCUT2D eigenvalue weighted by Crippen LogP contribution is -2.37. The Morgan fingerprint density at radius 1 is 0.609 bits per heavy atom. The largest absolute Gasteiger partial charge is 0.455 e. The Bertz CT molecular complexity index is 3180. The fourth-order valence-corrected chi connectivity index (χ4v) is 8.23. The number of aliphatic hydroxyl groups excluding tert-OH is 1. The Labute approximate surface area is 396 Å². The lowest BCUT2D eigenvalue weighted by molar-refractivity contribution is 0.0892. The van der Waals surface area contributed by atoms with E-state index in [1.807, 2.05) is 43.3 Å². The maximum absolute atomic E-state index is 13.8. The minimum atomic E-state index is -0.434. The molecule has 0 fully saturated rings. The van der Waals surface area contributed by atoms with Gasteiger partial charge in [-0.3, -0.25) is 19.2 Å². The average Bonchev–Trinajstić information content (AvgIpc) is 3.96. The van der Waals surface area contributed by atoms with Gasteiger partial charge in [-0.15, -0.1) is 0 Å². The Kier molecular flexibility index (Phi) is 14.7. The van der Waals surface area contributed by atoms with Crippen LogP contribution in [0.4, 0.5) is 8.78 Å². The molecule has 352 valence electrons. The van der Waals surface area contributed by atoms with Gasteiger partial charge in [0.15, 0.2) is 0 Å². The second-order valence-corrected chi connectivity index (χ2v) is 16.5. The van der Waals surface area contributed by atoms with Gasteiger partial charge in [-0.25, -0.2) is 8.78 Å². The minimum Gasteiger partial charge on any atom is -0.455 e. The standard InChI is InChI=1S/C55H50F2N4O8/c1-4-5-9-43(30-62)61-53(64)40-25-32(24-39(27-40)37-15-21-47-45(29-37)49(55(66)59-3)51(69-47)34-12-18-42(57)19-13-34)31-67-23-22-60-52(63)38-8-6-7-35(26-38)36-14-20-46-44(28-36)48(54(65)58-2)50(68-46)33-10-16-41(56)17-11-33/h6-8,10-21,24-29,43,62H,4-5,9,22-23,30-31H2,1-3H3,(H,58,65)(H,59,66)(H,60,63)(H,61,64). The third kappa shape index (κ3) is 10.6. The average molecular weight is 933 g/mol. The summed E-state index contributed by atoms with van der Waals surface area (Å²) in [5.41, 5.74) is 6.79. The maximum atomic E-state index is 13.8. The van der Waals surface area contributed by atoms with Gasteiger partial charge in [0.05, 0.1) is 37.0 Å². The van der Waals surface area contributed by atoms with Gasteiger partial charge < -0.3 is 39.9 Å². The molecule has 6 aromatic carbocycles. The Morgan fingerprint density at radius 2 is 1.14 bits per heavy atom. The highest BCUT2D eigenvalue weighted by molar-refractivity contribution is 6.13. The summed E-state index contributed by atoms with van der Waals surface area (Å²) in [5, 5.41) is 22.3. The fraction of sp³-hybridized carbons (Fsp3) is 0.200. The number of furan rings is 2. The summed E-state index contributed by atoms with van der Waals surface area (Å²) in [6.45, 7) is 2.22. The minimum absolute atomic E-state index is 0.0856. The van der Waals surface area contributed by atoms with Crippen LogP contribution in [0, 0.1) is 11.6 Å². The van der Waals surface area contributed by atoms with Crippen LogP contribution in [0.15, 0.2) is 136 Å². The van der Waals surface area contributed by atoms with Crippen molar-refractivity contribution in [2.75, 3.05) is 33.9 Å². The van der Waals surface area contributed by atoms with Crippen LogP contribution < -0.4 is 21.3 Å². The first-order valence-electron chi connectivity index (χ1n) is 22.6. The molecule has 4 amide bonds. The van der Waals surface area contributed by atoms with Gasteiger partial charge in [-0.1, -0.05) is 44.0 Å². The number of carbonyl (C=O) groups is 4. The van der Waals surface area contributed by atoms with Crippen molar-refractivity contribution in [3.8, 4) is 44.9 Å². The van der Waals surface area contributed by atoms with E-state index in [4.69, 9.17) is 13.6 Å². The molecule has 0 aliphatic heterocycles. The number of unbranched alkanes of at least 4 members (excludes halogenated alkanes) is 1. The van der Waals surface area contributed by atoms with Crippen molar-refractivity contribution in [2.45, 2.75) is 38.8 Å². The smallest absolute Gasteiger partial charge is 0.255 e. The number of hydrogen-bond acceptors (Lipinski definition) is 8. The second kappa shape index (κ2) is 21.3. The summed E-state index contributed by atoms with van der Waals surface area (Å²) >= 11 is 0. The van der Waals surface area contributed by atoms with Gasteiger partial charge in [-0.05, 0) is 137 Å². The van der Waals surface area contributed by atoms with E-state index in [1.54, 1.807) is 66.7 Å². The Balaban J connectivity index is 0.991. The molecule has 14 heteroatoms. The SMILES string of the molecule is CCCCC(CO)NC(=O)c1cc(COCCNC(=O)c2cccc(-c3ccc4oc(-c5ccc(F)cc5)c(C(=O)NC)c4c3)c2)cc(-c2ccc3oc(-c4ccc(F)cc4)c(C(=O)NC)c3c2)c1. The van der Waals surface area contributed by atoms with Gasteiger partial charge in [0.25, 0.3) is 23.6 Å². The highest BCUT2D eigenvalue weighted by Crippen LogP contribution is 2.38. The van der Waals surface area contributed by atoms with Crippen molar-refractivity contribution in [3.05, 3.63) is 167 Å². The van der Waals surface area contributed by atoms with Gasteiger partial charge >= 0.3 is 0 Å². The fourth-order valence-electron chi connectivity index (χ4n) is 8.23. The second-order valence-electron chi connectivity index (χ2n) is 16.5. The van der Waals surface area contributed by atoms with Crippen molar-refractivity contribution in [2.24, 2.45) is 0 Å². The molecule has 0 saturated heterocycles. The number of rotatable bonds is 18. The van der Waals surface area contributed by atoms with Crippen LogP contribution in [-0.2, 0) is 11.3 Å². The molecule has 0 spiro atoms. The number of fused-ring (bicyclic) bond motifs is 2. The highest BCUT2D eigenvalue weighted by Gasteiger charge is 2.24. The molecule has 0 radical (unpaired) electrons. The van der Waals surface area contributed by atoms with E-state index in [2.05, 4.69) is 21.3 Å². The zero-order valence-electron chi connectivity index (χ0n) is 38.2. The summed E-state index contributed by atoms with van der Waals surface area (Å²) in [6, 6.07) is 34.2. The van der Waals surface area contributed by atoms with Crippen molar-refractivity contribution >= 4 is 45.6 Å². The normalized spacial score (nSPS) is 11.7. The highest BCUT2D eigenvalue weighted by atomic mass is 19.1. The maximum Gasteiger partial charge on any atom is 0.255 e. The quantitative estimate of drug-likeness (QED) is 0.0529. The first-order chi connectivity index (χ1) is 33.5. The number of hydrogen-bond donors (Lipinski definition) is 5. The predicted molar refractivity (Wildman–Crippen MR) is 261 cm³/mol. The molecule has 2 aromatic heterocycles. The molecule has 8 rings (SSSR count). The summed E-state index contributed by atoms with van der Waals surface area (Å²) in [6.07, 6.45) is 2.35. The zero-order valence-corrected chi connectivity index (χ0v) is 38.2. The number of halogens is 2. The Morgan fingerprint density at radius 3 is 1.70 bits per heavy atom. The molecule has 1 atom stereocenters. The van der Waals surface area contributed by atoms with E-state index >= 15 is 0 Å². The van der Waals surface area contributed by atoms with Crippen molar-refractivity contribution in [1.29, 1.82) is 0 Å². The van der Waals surface area contributed by atoms with E-state index in [0.29, 0.717) is 78.6 Å². The number of nitrogens with one attached hydrogen (secondary N) is 4. The number of ether oxygens (including phenoxy) is 1. The molecule has 1 unspecified atom stereocenters. The van der Waals surface area contributed by atoms with Crippen molar-refractivity contribution < 1.29 is 46.6 Å². The number of aliphatic hydroxyl groups is 1. The van der Waals surface area contributed by atoms with E-state index in [1.165, 1.54) is 38.4 Å². The van der Waals surface area contributed by atoms with E-state index in [9.17, 15) is 33.1 Å². The van der Waals surface area contributed by atoms with Crippen LogP contribution >= 0.6 is 0 Å². The van der Waals surface area contributed by atoms with E-state index < -0.39 is 23.6 Å². The molecule has 5 N–H and O–H groups in total. The molecular weight excluding hydrogens is 883 g/mol. The summed E-state index contributed by atoms with van der Waals surface area (Å²) < 4.78 is 45.9. The van der Waals surface area contributed by atoms with Gasteiger partial charge in [0, 0.05) is 53.7 Å². The van der Waals surface area contributed by atoms with Gasteiger partial charge in [-0.2, -0.15) is 0 Å². The predicted octanol–water partition coefficient (Wildman–Crippen LogP) is 10.1. The molecule has 69 heavy (non-hydrogen) atoms. The van der Waals surface area contributed by atoms with Crippen molar-refractivity contribution in [1.82, 2.24) is 21.3 Å². The number of carbonyl (C=O) groups excluding carboxylic acids is 4. The lowest BCUT2D eigenvalue weighted by atomic mass is 9.97. The van der Waals surface area contributed by atoms with Crippen molar-refractivity contribution in [3.63, 3.8) is 0 Å². The molecule has 8 aromatic rings. The summed E-state index contributed by atoms with van der Waals surface area (Å²) in [4.78, 5) is 53.6. The van der Waals surface area contributed by atoms with Crippen LogP contribution in [0.25, 0.3) is 66.8 Å². The molecule has 0 bridgehead atoms. The summed E-state index contributed by atoms with van der Waals surface area (Å²) in [5.74, 6) is -1.69. The number of amides is 4. The van der Waals surface area contributed by atoms with Crippen LogP contribution in [0.3, 0.4) is 0 Å². The molecule has 2 heterocycles. The Hall–Kier alpha value is -7.94. The van der Waals surface area contributed by atoms with Crippen LogP contribution in [-0.4, -0.2) is 68.6 Å². The van der Waals surface area contributed by atoms with Crippen LogP contribution in [0.5, 0.6) is 0 Å². The molecule has 0 aliphatic rings. The molecular formula is C55H50F2N4O8. The third-order valence-corrected chi connectivity index (χ3v) is 11.8. The number of benzene rings is 6. The van der Waals surface area contributed by atoms with Crippen LogP contribution in [0.1, 0.15) is 73.2 Å². The van der Waals surface area contributed by atoms with E-state index in [0.717, 1.165) is 24.0 Å². The van der Waals surface area contributed by atoms with Gasteiger partial charge in [0.1, 0.15) is 34.3 Å². The zero-order chi connectivity index (χ0) is 48.6. The summed E-state index contributed by atoms with van der Waals surface area (Å²) in [7, 11) is 3.04. The lowest BCUT2D eigenvalue weighted by Gasteiger charge is -2.17. The molecule has 0 aliphatic carbocycles. The molecule has 12 nitrogen and oxygen atoms in total. The third-order valence-electron chi connectivity index (χ3n) is 11.8.